The first-order valence-corrected chi connectivity index (χ1v) is 7.44. The lowest BCUT2D eigenvalue weighted by atomic mass is 9.80. The zero-order chi connectivity index (χ0) is 15.9. The molecule has 1 aliphatic rings. The number of nitrogens with zero attached hydrogens (tertiary/aromatic N) is 2. The summed E-state index contributed by atoms with van der Waals surface area (Å²) in [4.78, 5) is 11.4. The Morgan fingerprint density at radius 3 is 2.73 bits per heavy atom. The van der Waals surface area contributed by atoms with Crippen LogP contribution < -0.4 is 0 Å². The molecule has 0 aliphatic heterocycles. The number of fused-ring (bicyclic) bond motifs is 1. The number of aliphatic imine (C=N–C) groups is 1. The number of hydrogen-bond donors (Lipinski definition) is 1. The number of benzene rings is 1. The molecule has 0 unspecified atom stereocenters. The summed E-state index contributed by atoms with van der Waals surface area (Å²) >= 11 is 5.70. The van der Waals surface area contributed by atoms with Crippen LogP contribution in [0.15, 0.2) is 17.1 Å². The number of aromatic amines is 1. The van der Waals surface area contributed by atoms with Crippen LogP contribution in [0.25, 0.3) is 11.0 Å². The fourth-order valence-electron chi connectivity index (χ4n) is 2.75. The van der Waals surface area contributed by atoms with Crippen LogP contribution in [-0.2, 0) is 12.6 Å². The fourth-order valence-corrected chi connectivity index (χ4v) is 3.02. The number of alkyl halides is 3. The average molecular weight is 330 g/mol. The third kappa shape index (κ3) is 2.97. The molecular weight excluding hydrogens is 315 g/mol. The van der Waals surface area contributed by atoms with Gasteiger partial charge in [0.1, 0.15) is 5.82 Å². The normalized spacial score (nSPS) is 18.6. The van der Waals surface area contributed by atoms with E-state index in [9.17, 15) is 13.2 Å². The molecule has 0 atom stereocenters. The molecule has 0 spiro atoms. The van der Waals surface area contributed by atoms with Crippen molar-refractivity contribution in [3.63, 3.8) is 0 Å². The predicted octanol–water partition coefficient (Wildman–Crippen LogP) is 4.65. The number of rotatable bonds is 3. The summed E-state index contributed by atoms with van der Waals surface area (Å²) in [5.41, 5.74) is 1.24. The lowest BCUT2D eigenvalue weighted by Crippen LogP contribution is -2.24. The second kappa shape index (κ2) is 5.57. The minimum atomic E-state index is -4.46. The van der Waals surface area contributed by atoms with E-state index in [4.69, 9.17) is 11.6 Å². The van der Waals surface area contributed by atoms with Crippen molar-refractivity contribution in [2.45, 2.75) is 31.9 Å². The first kappa shape index (κ1) is 15.3. The van der Waals surface area contributed by atoms with Gasteiger partial charge >= 0.3 is 6.18 Å². The minimum absolute atomic E-state index is 0.319. The maximum Gasteiger partial charge on any atom is 0.417 e. The van der Waals surface area contributed by atoms with Crippen LogP contribution in [-0.4, -0.2) is 22.7 Å². The van der Waals surface area contributed by atoms with Crippen molar-refractivity contribution in [2.75, 3.05) is 7.05 Å². The van der Waals surface area contributed by atoms with Crippen molar-refractivity contribution in [1.82, 2.24) is 9.97 Å². The molecule has 2 aromatic rings. The highest BCUT2D eigenvalue weighted by Crippen LogP contribution is 2.36. The van der Waals surface area contributed by atoms with Gasteiger partial charge in [-0.25, -0.2) is 4.98 Å². The van der Waals surface area contributed by atoms with Gasteiger partial charge in [0, 0.05) is 19.2 Å². The molecule has 0 saturated heterocycles. The first-order valence-electron chi connectivity index (χ1n) is 7.06. The van der Waals surface area contributed by atoms with Crippen molar-refractivity contribution in [3.05, 3.63) is 28.5 Å². The zero-order valence-corrected chi connectivity index (χ0v) is 12.7. The highest BCUT2D eigenvalue weighted by molar-refractivity contribution is 6.32. The molecule has 1 aliphatic carbocycles. The molecule has 22 heavy (non-hydrogen) atoms. The van der Waals surface area contributed by atoms with Gasteiger partial charge in [-0.05, 0) is 37.3 Å². The van der Waals surface area contributed by atoms with Crippen molar-refractivity contribution in [1.29, 1.82) is 0 Å². The highest BCUT2D eigenvalue weighted by atomic mass is 35.5. The van der Waals surface area contributed by atoms with E-state index in [0.29, 0.717) is 22.8 Å². The molecular formula is C15H15ClF3N3. The van der Waals surface area contributed by atoms with Gasteiger partial charge in [0.25, 0.3) is 0 Å². The number of imidazole rings is 1. The zero-order valence-electron chi connectivity index (χ0n) is 12.0. The molecule has 1 aromatic carbocycles. The summed E-state index contributed by atoms with van der Waals surface area (Å²) in [7, 11) is 1.80. The number of aromatic nitrogens is 2. The average Bonchev–Trinajstić information content (AvgIpc) is 2.76. The van der Waals surface area contributed by atoms with Crippen LogP contribution in [0.5, 0.6) is 0 Å². The van der Waals surface area contributed by atoms with E-state index in [2.05, 4.69) is 15.0 Å². The van der Waals surface area contributed by atoms with Gasteiger partial charge in [-0.1, -0.05) is 11.6 Å². The second-order valence-electron chi connectivity index (χ2n) is 5.63. The molecule has 0 radical (unpaired) electrons. The van der Waals surface area contributed by atoms with Crippen LogP contribution in [0.4, 0.5) is 13.2 Å². The Morgan fingerprint density at radius 2 is 2.09 bits per heavy atom. The summed E-state index contributed by atoms with van der Waals surface area (Å²) in [6.45, 7) is 0. The number of aryl methyl sites for hydroxylation is 1. The Morgan fingerprint density at radius 1 is 1.36 bits per heavy atom. The summed E-state index contributed by atoms with van der Waals surface area (Å²) in [5.74, 6) is 1.30. The molecule has 3 rings (SSSR count). The standard InChI is InChI=1S/C15H15ClF3N3/c1-20-9-4-8(5-9)2-3-14-21-12-6-10(15(17,18)19)11(16)7-13(12)22-14/h6-8H,2-5H2,1H3,(H,21,22). The number of hydrogen-bond acceptors (Lipinski definition) is 2. The third-order valence-corrected chi connectivity index (χ3v) is 4.39. The molecule has 1 saturated carbocycles. The van der Waals surface area contributed by atoms with E-state index < -0.39 is 11.7 Å². The quantitative estimate of drug-likeness (QED) is 0.875. The molecule has 118 valence electrons. The minimum Gasteiger partial charge on any atom is -0.342 e. The molecule has 3 nitrogen and oxygen atoms in total. The second-order valence-corrected chi connectivity index (χ2v) is 6.04. The molecule has 1 N–H and O–H groups in total. The molecule has 0 amide bonds. The molecule has 1 fully saturated rings. The largest absolute Gasteiger partial charge is 0.417 e. The Labute approximate surface area is 130 Å². The van der Waals surface area contributed by atoms with Crippen LogP contribution in [0.2, 0.25) is 5.02 Å². The molecule has 1 heterocycles. The highest BCUT2D eigenvalue weighted by Gasteiger charge is 2.33. The van der Waals surface area contributed by atoms with Crippen molar-refractivity contribution >= 4 is 28.3 Å². The van der Waals surface area contributed by atoms with Gasteiger partial charge in [0.05, 0.1) is 21.6 Å². The summed E-state index contributed by atoms with van der Waals surface area (Å²) in [6.07, 6.45) is -0.756. The SMILES string of the molecule is CN=C1CC(CCc2nc3cc(Cl)c(C(F)(F)F)cc3[nH]2)C1. The van der Waals surface area contributed by atoms with E-state index in [-0.39, 0.29) is 5.02 Å². The van der Waals surface area contributed by atoms with Gasteiger partial charge in [-0.3, -0.25) is 4.99 Å². The number of nitrogens with one attached hydrogen (secondary N) is 1. The first-order chi connectivity index (χ1) is 10.4. The van der Waals surface area contributed by atoms with Crippen molar-refractivity contribution < 1.29 is 13.2 Å². The van der Waals surface area contributed by atoms with E-state index in [0.717, 1.165) is 31.7 Å². The van der Waals surface area contributed by atoms with Crippen LogP contribution in [0.3, 0.4) is 0 Å². The Bertz CT molecular complexity index is 725. The summed E-state index contributed by atoms with van der Waals surface area (Å²) in [6, 6.07) is 2.30. The van der Waals surface area contributed by atoms with Gasteiger partial charge in [0.2, 0.25) is 0 Å². The monoisotopic (exact) mass is 329 g/mol. The smallest absolute Gasteiger partial charge is 0.342 e. The van der Waals surface area contributed by atoms with Crippen molar-refractivity contribution in [3.8, 4) is 0 Å². The maximum absolute atomic E-state index is 12.8. The van der Waals surface area contributed by atoms with Gasteiger partial charge in [-0.2, -0.15) is 13.2 Å². The molecule has 7 heteroatoms. The van der Waals surface area contributed by atoms with Crippen LogP contribution in [0, 0.1) is 5.92 Å². The van der Waals surface area contributed by atoms with Crippen LogP contribution in [0.1, 0.15) is 30.7 Å². The van der Waals surface area contributed by atoms with Gasteiger partial charge in [-0.15, -0.1) is 0 Å². The topological polar surface area (TPSA) is 41.0 Å². The van der Waals surface area contributed by atoms with E-state index in [1.54, 1.807) is 7.05 Å². The maximum atomic E-state index is 12.8. The Balaban J connectivity index is 1.75. The van der Waals surface area contributed by atoms with Crippen molar-refractivity contribution in [2.24, 2.45) is 10.9 Å². The third-order valence-electron chi connectivity index (χ3n) is 4.08. The van der Waals surface area contributed by atoms with Gasteiger partial charge in [0.15, 0.2) is 0 Å². The van der Waals surface area contributed by atoms with Gasteiger partial charge < -0.3 is 4.98 Å². The number of halogens is 4. The fraction of sp³-hybridized carbons (Fsp3) is 0.467. The Hall–Kier alpha value is -1.56. The summed E-state index contributed by atoms with van der Waals surface area (Å²) in [5, 5.41) is -0.319. The molecule has 0 bridgehead atoms. The predicted molar refractivity (Wildman–Crippen MR) is 80.5 cm³/mol. The lowest BCUT2D eigenvalue weighted by Gasteiger charge is -2.27. The van der Waals surface area contributed by atoms with E-state index >= 15 is 0 Å². The number of H-pyrrole nitrogens is 1. The lowest BCUT2D eigenvalue weighted by molar-refractivity contribution is -0.137. The van der Waals surface area contributed by atoms with E-state index in [1.165, 1.54) is 11.8 Å². The Kier molecular flexibility index (Phi) is 3.89. The van der Waals surface area contributed by atoms with E-state index in [1.807, 2.05) is 0 Å². The summed E-state index contributed by atoms with van der Waals surface area (Å²) < 4.78 is 38.5. The molecule has 1 aromatic heterocycles. The van der Waals surface area contributed by atoms with Crippen LogP contribution >= 0.6 is 11.6 Å².